The van der Waals surface area contributed by atoms with E-state index in [1.165, 1.54) is 11.3 Å². The summed E-state index contributed by atoms with van der Waals surface area (Å²) in [6.07, 6.45) is -3.18. The van der Waals surface area contributed by atoms with Gasteiger partial charge in [-0.05, 0) is 29.8 Å². The number of likely N-dealkylation sites (N-methyl/N-ethyl adjacent to an activating group) is 1. The number of carbonyl (C=O) groups excluding carboxylic acids is 4. The number of anilines is 2. The molecule has 4 amide bonds. The summed E-state index contributed by atoms with van der Waals surface area (Å²) in [6.45, 7) is 2.44. The van der Waals surface area contributed by atoms with Gasteiger partial charge in [-0.25, -0.2) is 4.79 Å². The number of rotatable bonds is 7. The van der Waals surface area contributed by atoms with E-state index < -0.39 is 24.1 Å². The summed E-state index contributed by atoms with van der Waals surface area (Å²) in [7, 11) is 5.69. The maximum atomic E-state index is 12.5. The monoisotopic (exact) mass is 591 g/mol. The van der Waals surface area contributed by atoms with Gasteiger partial charge in [0, 0.05) is 44.1 Å². The molecule has 1 aromatic carbocycles. The normalized spacial score (nSPS) is 16.3. The fourth-order valence-corrected chi connectivity index (χ4v) is 5.43. The van der Waals surface area contributed by atoms with Crippen molar-refractivity contribution in [3.63, 3.8) is 0 Å². The van der Waals surface area contributed by atoms with Crippen LogP contribution in [0.5, 0.6) is 0 Å². The first-order chi connectivity index (χ1) is 18.0. The molecule has 1 atom stereocenters. The lowest BCUT2D eigenvalue weighted by atomic mass is 10.0. The van der Waals surface area contributed by atoms with Crippen molar-refractivity contribution >= 4 is 57.4 Å². The second kappa shape index (κ2) is 13.1. The standard InChI is InChI=1S/C22H28ClN5O3S.C2HF3O2/c1-27(2)18(29)5-4-11-28(3)12-10-16-17(13-28)32-21(19(16)20(24)30)26-22(31)25-15-8-6-14(23)7-9-15;3-2(4,5)1(6)7/h6-9H,4-5,10-13H2,1-3H3,(H3-,24,25,26,30,31);(H,6,7). The molecule has 1 aromatic heterocycles. The Kier molecular flexibility index (Phi) is 10.7. The van der Waals surface area contributed by atoms with Gasteiger partial charge >= 0.3 is 12.2 Å². The van der Waals surface area contributed by atoms with E-state index in [-0.39, 0.29) is 5.91 Å². The maximum absolute atomic E-state index is 12.5. The molecular weight excluding hydrogens is 563 g/mol. The van der Waals surface area contributed by atoms with Crippen molar-refractivity contribution in [1.29, 1.82) is 0 Å². The number of carboxylic acid groups (broad SMARTS) is 1. The summed E-state index contributed by atoms with van der Waals surface area (Å²) in [4.78, 5) is 48.0. The van der Waals surface area contributed by atoms with Crippen LogP contribution in [0.1, 0.15) is 33.6 Å². The van der Waals surface area contributed by atoms with Gasteiger partial charge in [0.15, 0.2) is 0 Å². The van der Waals surface area contributed by atoms with E-state index in [9.17, 15) is 27.6 Å². The molecule has 0 fully saturated rings. The first-order valence-electron chi connectivity index (χ1n) is 11.6. The highest BCUT2D eigenvalue weighted by Gasteiger charge is 2.34. The lowest BCUT2D eigenvalue weighted by molar-refractivity contribution is -0.924. The summed E-state index contributed by atoms with van der Waals surface area (Å²) in [5.41, 5.74) is 7.57. The Labute approximate surface area is 232 Å². The average molecular weight is 592 g/mol. The molecule has 39 heavy (non-hydrogen) atoms. The lowest BCUT2D eigenvalue weighted by Gasteiger charge is -2.37. The van der Waals surface area contributed by atoms with E-state index in [1.807, 2.05) is 0 Å². The zero-order chi connectivity index (χ0) is 29.5. The van der Waals surface area contributed by atoms with Crippen LogP contribution in [0.25, 0.3) is 0 Å². The molecule has 0 saturated carbocycles. The molecule has 214 valence electrons. The van der Waals surface area contributed by atoms with Crippen molar-refractivity contribution in [2.45, 2.75) is 32.0 Å². The molecule has 3 rings (SSSR count). The van der Waals surface area contributed by atoms with E-state index >= 15 is 0 Å². The number of nitrogens with two attached hydrogens (primary N) is 1. The predicted molar refractivity (Wildman–Crippen MR) is 139 cm³/mol. The van der Waals surface area contributed by atoms with Crippen LogP contribution in [0, 0.1) is 0 Å². The smallest absolute Gasteiger partial charge is 0.430 e. The van der Waals surface area contributed by atoms with Crippen LogP contribution in [-0.4, -0.2) is 73.6 Å². The Balaban J connectivity index is 0.000000673. The fourth-order valence-electron chi connectivity index (χ4n) is 3.89. The van der Waals surface area contributed by atoms with Gasteiger partial charge < -0.3 is 30.3 Å². The number of primary amides is 1. The van der Waals surface area contributed by atoms with Crippen LogP contribution in [-0.2, 0) is 22.6 Å². The van der Waals surface area contributed by atoms with E-state index in [0.717, 1.165) is 41.0 Å². The minimum absolute atomic E-state index is 0.125. The molecule has 10 nitrogen and oxygen atoms in total. The van der Waals surface area contributed by atoms with Crippen LogP contribution >= 0.6 is 22.9 Å². The SMILES string of the molecule is CN(C)C(=O)CCC[N+]1(C)CCc2c(sc(NC(=O)Nc3ccc(Cl)cc3)c2C(N)=O)C1.O=C([O-])C(F)(F)F. The number of hydrogen-bond donors (Lipinski definition) is 3. The quantitative estimate of drug-likeness (QED) is 0.424. The molecule has 0 spiro atoms. The number of hydrogen-bond acceptors (Lipinski definition) is 6. The van der Waals surface area contributed by atoms with Crippen LogP contribution in [0.2, 0.25) is 5.02 Å². The van der Waals surface area contributed by atoms with E-state index in [1.54, 1.807) is 43.3 Å². The molecular formula is C24H29ClF3N5O5S. The molecule has 1 aliphatic heterocycles. The second-order valence-corrected chi connectivity index (χ2v) is 10.9. The van der Waals surface area contributed by atoms with Gasteiger partial charge in [0.25, 0.3) is 5.91 Å². The highest BCUT2D eigenvalue weighted by atomic mass is 35.5. The summed E-state index contributed by atoms with van der Waals surface area (Å²) >= 11 is 7.27. The van der Waals surface area contributed by atoms with Gasteiger partial charge in [0.1, 0.15) is 17.5 Å². The number of halogens is 4. The number of aliphatic carboxylic acids is 1. The molecule has 4 N–H and O–H groups in total. The van der Waals surface area contributed by atoms with Gasteiger partial charge in [-0.3, -0.25) is 14.9 Å². The summed E-state index contributed by atoms with van der Waals surface area (Å²) in [5, 5.41) is 15.3. The molecule has 0 aliphatic carbocycles. The van der Waals surface area contributed by atoms with Gasteiger partial charge in [-0.15, -0.1) is 11.3 Å². The van der Waals surface area contributed by atoms with Crippen molar-refractivity contribution in [2.24, 2.45) is 5.73 Å². The Hall–Kier alpha value is -3.36. The lowest BCUT2D eigenvalue weighted by Crippen LogP contribution is -2.48. The molecule has 0 bridgehead atoms. The summed E-state index contributed by atoms with van der Waals surface area (Å²) in [6, 6.07) is 6.30. The third-order valence-electron chi connectivity index (χ3n) is 5.91. The molecule has 0 radical (unpaired) electrons. The summed E-state index contributed by atoms with van der Waals surface area (Å²) in [5.74, 6) is -3.43. The number of quaternary nitrogens is 1. The number of nitrogens with one attached hydrogen (secondary N) is 2. The topological polar surface area (TPSA) is 145 Å². The number of alkyl halides is 3. The highest BCUT2D eigenvalue weighted by molar-refractivity contribution is 7.17. The predicted octanol–water partition coefficient (Wildman–Crippen LogP) is 2.81. The number of nitrogens with zero attached hydrogens (tertiary/aromatic N) is 2. The molecule has 15 heteroatoms. The fraction of sp³-hybridized carbons (Fsp3) is 0.417. The molecule has 2 aromatic rings. The van der Waals surface area contributed by atoms with Gasteiger partial charge in [-0.1, -0.05) is 11.6 Å². The van der Waals surface area contributed by atoms with Gasteiger partial charge in [-0.2, -0.15) is 13.2 Å². The van der Waals surface area contributed by atoms with E-state index in [0.29, 0.717) is 34.1 Å². The Morgan fingerprint density at radius 1 is 1.15 bits per heavy atom. The van der Waals surface area contributed by atoms with Crippen molar-refractivity contribution in [3.05, 3.63) is 45.3 Å². The molecule has 2 heterocycles. The van der Waals surface area contributed by atoms with Crippen molar-refractivity contribution in [2.75, 3.05) is 44.9 Å². The largest absolute Gasteiger partial charge is 0.542 e. The number of amides is 4. The number of urea groups is 1. The van der Waals surface area contributed by atoms with Crippen LogP contribution in [0.4, 0.5) is 28.7 Å². The Morgan fingerprint density at radius 2 is 1.74 bits per heavy atom. The zero-order valence-corrected chi connectivity index (χ0v) is 23.1. The van der Waals surface area contributed by atoms with Crippen molar-refractivity contribution in [3.8, 4) is 0 Å². The molecule has 0 saturated heterocycles. The first-order valence-corrected chi connectivity index (χ1v) is 12.8. The second-order valence-electron chi connectivity index (χ2n) is 9.31. The van der Waals surface area contributed by atoms with Crippen molar-refractivity contribution < 1.29 is 41.9 Å². The number of fused-ring (bicyclic) bond motifs is 1. The third-order valence-corrected chi connectivity index (χ3v) is 7.30. The Bertz CT molecular complexity index is 1220. The molecule has 1 aliphatic rings. The zero-order valence-electron chi connectivity index (χ0n) is 21.5. The Morgan fingerprint density at radius 3 is 2.26 bits per heavy atom. The number of carboxylic acids is 1. The van der Waals surface area contributed by atoms with E-state index in [2.05, 4.69) is 17.7 Å². The third kappa shape index (κ3) is 9.41. The number of benzene rings is 1. The van der Waals surface area contributed by atoms with Crippen LogP contribution < -0.4 is 21.5 Å². The van der Waals surface area contributed by atoms with Crippen LogP contribution in [0.3, 0.4) is 0 Å². The van der Waals surface area contributed by atoms with Gasteiger partial charge in [0.2, 0.25) is 5.91 Å². The van der Waals surface area contributed by atoms with Gasteiger partial charge in [0.05, 0.1) is 30.6 Å². The highest BCUT2D eigenvalue weighted by Crippen LogP contribution is 2.38. The number of thiophene rings is 1. The number of carbonyl (C=O) groups is 4. The van der Waals surface area contributed by atoms with E-state index in [4.69, 9.17) is 27.2 Å². The molecule has 1 unspecified atom stereocenters. The minimum Gasteiger partial charge on any atom is -0.542 e. The van der Waals surface area contributed by atoms with Crippen LogP contribution in [0.15, 0.2) is 24.3 Å². The first kappa shape index (κ1) is 31.9. The minimum atomic E-state index is -5.19. The summed E-state index contributed by atoms with van der Waals surface area (Å²) < 4.78 is 32.3. The van der Waals surface area contributed by atoms with Crippen molar-refractivity contribution in [1.82, 2.24) is 4.90 Å². The maximum Gasteiger partial charge on any atom is 0.430 e. The average Bonchev–Trinajstić information content (AvgIpc) is 3.16.